The molecule has 3 N–H and O–H groups in total. The molecule has 2 rings (SSSR count). The maximum Gasteiger partial charge on any atom is 0.299 e. The number of aliphatic hydroxyl groups is 1. The highest BCUT2D eigenvalue weighted by molar-refractivity contribution is 6.33. The van der Waals surface area contributed by atoms with Crippen LogP contribution in [0.25, 0.3) is 0 Å². The van der Waals surface area contributed by atoms with Crippen LogP contribution >= 0.6 is 11.6 Å². The number of anilines is 2. The first kappa shape index (κ1) is 20.8. The Labute approximate surface area is 162 Å². The first-order chi connectivity index (χ1) is 13.2. The second-order valence-corrected chi connectivity index (χ2v) is 5.96. The van der Waals surface area contributed by atoms with Crippen molar-refractivity contribution in [1.82, 2.24) is 0 Å². The van der Waals surface area contributed by atoms with Gasteiger partial charge in [0.05, 0.1) is 37.7 Å². The van der Waals surface area contributed by atoms with Gasteiger partial charge in [-0.1, -0.05) is 11.6 Å². The number of hydrogen-bond acceptors (Lipinski definition) is 9. The molecule has 28 heavy (non-hydrogen) atoms. The van der Waals surface area contributed by atoms with Crippen molar-refractivity contribution in [2.24, 2.45) is 0 Å². The third-order valence-corrected chi connectivity index (χ3v) is 3.92. The predicted molar refractivity (Wildman–Crippen MR) is 101 cm³/mol. The van der Waals surface area contributed by atoms with E-state index in [-0.39, 0.29) is 29.5 Å². The van der Waals surface area contributed by atoms with E-state index < -0.39 is 32.2 Å². The van der Waals surface area contributed by atoms with E-state index in [0.717, 1.165) is 18.2 Å². The van der Waals surface area contributed by atoms with Crippen LogP contribution in [0.15, 0.2) is 36.4 Å². The first-order valence-electron chi connectivity index (χ1n) is 7.71. The summed E-state index contributed by atoms with van der Waals surface area (Å²) in [7, 11) is 0. The summed E-state index contributed by atoms with van der Waals surface area (Å²) in [5.41, 5.74) is -0.709. The molecule has 0 aliphatic heterocycles. The molecule has 0 fully saturated rings. The molecule has 12 nitrogen and oxygen atoms in total. The fraction of sp³-hybridized carbons (Fsp3) is 0.200. The Hall–Kier alpha value is -3.51. The summed E-state index contributed by atoms with van der Waals surface area (Å²) in [5.74, 6) is 0. The lowest BCUT2D eigenvalue weighted by atomic mass is 10.2. The van der Waals surface area contributed by atoms with Gasteiger partial charge in [-0.15, -0.1) is 0 Å². The van der Waals surface area contributed by atoms with Crippen molar-refractivity contribution < 1.29 is 19.9 Å². The Balaban J connectivity index is 1.97. The summed E-state index contributed by atoms with van der Waals surface area (Å²) in [5, 5.41) is 48.1. The third-order valence-electron chi connectivity index (χ3n) is 3.61. The predicted octanol–water partition coefficient (Wildman–Crippen LogP) is 2.95. The summed E-state index contributed by atoms with van der Waals surface area (Å²) in [6, 6.07) is 6.92. The number of benzene rings is 2. The average molecular weight is 412 g/mol. The van der Waals surface area contributed by atoms with Gasteiger partial charge in [-0.05, 0) is 12.1 Å². The quantitative estimate of drug-likeness (QED) is 0.413. The van der Waals surface area contributed by atoms with E-state index in [1.165, 1.54) is 18.2 Å². The summed E-state index contributed by atoms with van der Waals surface area (Å²) in [4.78, 5) is 30.4. The van der Waals surface area contributed by atoms with Crippen molar-refractivity contribution in [3.63, 3.8) is 0 Å². The number of aliphatic hydroxyl groups excluding tert-OH is 1. The van der Waals surface area contributed by atoms with Crippen LogP contribution in [0, 0.1) is 30.3 Å². The Morgan fingerprint density at radius 2 is 1.36 bits per heavy atom. The van der Waals surface area contributed by atoms with Gasteiger partial charge in [-0.3, -0.25) is 30.3 Å². The second kappa shape index (κ2) is 8.92. The molecule has 0 bridgehead atoms. The molecular formula is C15H14ClN5O7. The van der Waals surface area contributed by atoms with Gasteiger partial charge < -0.3 is 15.7 Å². The van der Waals surface area contributed by atoms with Crippen molar-refractivity contribution >= 4 is 40.0 Å². The zero-order valence-electron chi connectivity index (χ0n) is 14.1. The number of nitro benzene ring substituents is 3. The highest BCUT2D eigenvalue weighted by Crippen LogP contribution is 2.29. The number of nitrogens with zero attached hydrogens (tertiary/aromatic N) is 3. The molecule has 0 heterocycles. The topological polar surface area (TPSA) is 174 Å². The Morgan fingerprint density at radius 1 is 0.857 bits per heavy atom. The molecule has 0 spiro atoms. The lowest BCUT2D eigenvalue weighted by Gasteiger charge is -2.15. The summed E-state index contributed by atoms with van der Waals surface area (Å²) < 4.78 is 0. The zero-order valence-corrected chi connectivity index (χ0v) is 14.8. The van der Waals surface area contributed by atoms with Gasteiger partial charge in [0.15, 0.2) is 0 Å². The smallest absolute Gasteiger partial charge is 0.299 e. The van der Waals surface area contributed by atoms with Crippen LogP contribution in [0.4, 0.5) is 28.4 Å². The van der Waals surface area contributed by atoms with Gasteiger partial charge in [0.1, 0.15) is 5.69 Å². The molecule has 0 aromatic heterocycles. The van der Waals surface area contributed by atoms with E-state index in [2.05, 4.69) is 10.6 Å². The number of non-ortho nitro benzene ring substituents is 2. The summed E-state index contributed by atoms with van der Waals surface area (Å²) >= 11 is 5.93. The fourth-order valence-corrected chi connectivity index (χ4v) is 2.46. The van der Waals surface area contributed by atoms with Gasteiger partial charge in [0.25, 0.3) is 17.1 Å². The van der Waals surface area contributed by atoms with Crippen LogP contribution in [0.1, 0.15) is 0 Å². The summed E-state index contributed by atoms with van der Waals surface area (Å²) in [6.45, 7) is -0.110. The van der Waals surface area contributed by atoms with E-state index in [1.807, 2.05) is 0 Å². The van der Waals surface area contributed by atoms with Crippen LogP contribution in [-0.4, -0.2) is 39.1 Å². The highest BCUT2D eigenvalue weighted by Gasteiger charge is 2.20. The van der Waals surface area contributed by atoms with Gasteiger partial charge >= 0.3 is 0 Å². The van der Waals surface area contributed by atoms with E-state index in [0.29, 0.717) is 5.69 Å². The molecule has 0 unspecified atom stereocenters. The maximum absolute atomic E-state index is 11.1. The molecule has 13 heteroatoms. The molecular weight excluding hydrogens is 398 g/mol. The number of hydrogen-bond donors (Lipinski definition) is 3. The largest absolute Gasteiger partial charge is 0.389 e. The Bertz CT molecular complexity index is 924. The Kier molecular flexibility index (Phi) is 6.63. The van der Waals surface area contributed by atoms with Crippen molar-refractivity contribution in [2.75, 3.05) is 23.7 Å². The fourth-order valence-electron chi connectivity index (χ4n) is 2.22. The molecule has 2 aromatic carbocycles. The maximum atomic E-state index is 11.1. The van der Waals surface area contributed by atoms with Crippen LogP contribution in [0.2, 0.25) is 5.02 Å². The van der Waals surface area contributed by atoms with Gasteiger partial charge in [0, 0.05) is 31.3 Å². The molecule has 0 aliphatic rings. The molecule has 2 aromatic rings. The molecule has 0 amide bonds. The monoisotopic (exact) mass is 411 g/mol. The third kappa shape index (κ3) is 5.25. The van der Waals surface area contributed by atoms with Gasteiger partial charge in [-0.2, -0.15) is 0 Å². The van der Waals surface area contributed by atoms with Crippen molar-refractivity contribution in [3.8, 4) is 0 Å². The molecule has 148 valence electrons. The van der Waals surface area contributed by atoms with Crippen LogP contribution in [0.5, 0.6) is 0 Å². The number of rotatable bonds is 9. The minimum absolute atomic E-state index is 0.00862. The lowest BCUT2D eigenvalue weighted by Crippen LogP contribution is -2.27. The standard InChI is InChI=1S/C15H14ClN5O7/c16-12-5-9(19(23)24)1-3-13(12)17-7-11(22)8-18-14-4-2-10(20(25)26)6-15(14)21(27)28/h1-6,11,17-18,22H,7-8H2/t11-/m1/s1. The SMILES string of the molecule is O=[N+]([O-])c1ccc(NC[C@@H](O)CNc2ccc([N+](=O)[O-])cc2[N+](=O)[O-])c(Cl)c1. The van der Waals surface area contributed by atoms with Crippen LogP contribution < -0.4 is 10.6 Å². The average Bonchev–Trinajstić information content (AvgIpc) is 2.64. The van der Waals surface area contributed by atoms with E-state index in [9.17, 15) is 35.4 Å². The summed E-state index contributed by atoms with van der Waals surface area (Å²) in [6.07, 6.45) is -1.01. The van der Waals surface area contributed by atoms with Crippen LogP contribution in [0.3, 0.4) is 0 Å². The van der Waals surface area contributed by atoms with E-state index in [4.69, 9.17) is 11.6 Å². The normalized spacial score (nSPS) is 11.5. The molecule has 0 radical (unpaired) electrons. The molecule has 1 atom stereocenters. The molecule has 0 saturated heterocycles. The van der Waals surface area contributed by atoms with Crippen molar-refractivity contribution in [1.29, 1.82) is 0 Å². The lowest BCUT2D eigenvalue weighted by molar-refractivity contribution is -0.393. The minimum atomic E-state index is -1.01. The molecule has 0 aliphatic carbocycles. The zero-order chi connectivity index (χ0) is 20.8. The van der Waals surface area contributed by atoms with E-state index in [1.54, 1.807) is 0 Å². The second-order valence-electron chi connectivity index (χ2n) is 5.55. The number of nitrogens with one attached hydrogen (secondary N) is 2. The van der Waals surface area contributed by atoms with Gasteiger partial charge in [-0.25, -0.2) is 0 Å². The van der Waals surface area contributed by atoms with Crippen molar-refractivity contribution in [2.45, 2.75) is 6.10 Å². The van der Waals surface area contributed by atoms with Gasteiger partial charge in [0.2, 0.25) is 0 Å². The number of halogens is 1. The highest BCUT2D eigenvalue weighted by atomic mass is 35.5. The van der Waals surface area contributed by atoms with Crippen molar-refractivity contribution in [3.05, 3.63) is 71.8 Å². The first-order valence-corrected chi connectivity index (χ1v) is 8.09. The number of nitro groups is 3. The van der Waals surface area contributed by atoms with Crippen LogP contribution in [-0.2, 0) is 0 Å². The van der Waals surface area contributed by atoms with E-state index >= 15 is 0 Å². The molecule has 0 saturated carbocycles. The minimum Gasteiger partial charge on any atom is -0.389 e. The Morgan fingerprint density at radius 3 is 1.86 bits per heavy atom.